The quantitative estimate of drug-likeness (QED) is 0.840. The van der Waals surface area contributed by atoms with Crippen LogP contribution in [0.4, 0.5) is 5.69 Å². The van der Waals surface area contributed by atoms with Gasteiger partial charge < -0.3 is 10.6 Å². The number of likely N-dealkylation sites (N-methyl/N-ethyl adjacent to an activating group) is 1. The fourth-order valence-corrected chi connectivity index (χ4v) is 3.46. The molecule has 1 aromatic rings. The molecule has 3 heterocycles. The number of fused-ring (bicyclic) bond motifs is 2. The lowest BCUT2D eigenvalue weighted by Crippen LogP contribution is -2.40. The van der Waals surface area contributed by atoms with Crippen LogP contribution in [0.3, 0.4) is 0 Å². The molecule has 2 aliphatic rings. The summed E-state index contributed by atoms with van der Waals surface area (Å²) in [5.41, 5.74) is 7.77. The van der Waals surface area contributed by atoms with Gasteiger partial charge in [0.2, 0.25) is 0 Å². The molecule has 0 spiro atoms. The van der Waals surface area contributed by atoms with Gasteiger partial charge in [-0.3, -0.25) is 14.8 Å². The summed E-state index contributed by atoms with van der Waals surface area (Å²) in [7, 11) is 2.18. The maximum atomic E-state index is 12.6. The second-order valence-electron chi connectivity index (χ2n) is 5.91. The third kappa shape index (κ3) is 2.08. The van der Waals surface area contributed by atoms with E-state index in [2.05, 4.69) is 22.1 Å². The summed E-state index contributed by atoms with van der Waals surface area (Å²) in [5.74, 6) is -0.0283. The molecule has 2 aliphatic heterocycles. The van der Waals surface area contributed by atoms with Crippen LogP contribution in [0.2, 0.25) is 0 Å². The van der Waals surface area contributed by atoms with Crippen molar-refractivity contribution in [2.75, 3.05) is 25.9 Å². The number of nitrogen functional groups attached to an aromatic ring is 1. The van der Waals surface area contributed by atoms with Gasteiger partial charge in [-0.2, -0.15) is 5.10 Å². The molecule has 6 heteroatoms. The molecule has 1 aromatic heterocycles. The number of nitrogens with one attached hydrogen (secondary N) is 1. The van der Waals surface area contributed by atoms with E-state index in [4.69, 9.17) is 5.73 Å². The Morgan fingerprint density at radius 2 is 2.15 bits per heavy atom. The number of nitrogens with zero attached hydrogens (tertiary/aromatic N) is 3. The van der Waals surface area contributed by atoms with Crippen molar-refractivity contribution < 1.29 is 4.79 Å². The van der Waals surface area contributed by atoms with Crippen molar-refractivity contribution >= 4 is 11.6 Å². The average molecular weight is 277 g/mol. The number of aromatic amines is 1. The molecular weight excluding hydrogens is 254 g/mol. The van der Waals surface area contributed by atoms with Crippen LogP contribution in [0.1, 0.15) is 42.4 Å². The van der Waals surface area contributed by atoms with Gasteiger partial charge in [0.1, 0.15) is 0 Å². The van der Waals surface area contributed by atoms with Gasteiger partial charge in [0.25, 0.3) is 5.91 Å². The average Bonchev–Trinajstić information content (AvgIpc) is 2.90. The number of carbonyl (C=O) groups is 1. The van der Waals surface area contributed by atoms with Gasteiger partial charge in [0.05, 0.1) is 11.4 Å². The van der Waals surface area contributed by atoms with E-state index in [1.807, 2.05) is 11.8 Å². The molecule has 110 valence electrons. The van der Waals surface area contributed by atoms with Gasteiger partial charge in [-0.1, -0.05) is 6.92 Å². The van der Waals surface area contributed by atoms with Crippen LogP contribution in [-0.2, 0) is 6.42 Å². The molecule has 2 bridgehead atoms. The highest BCUT2D eigenvalue weighted by atomic mass is 16.2. The predicted octanol–water partition coefficient (Wildman–Crippen LogP) is 0.863. The summed E-state index contributed by atoms with van der Waals surface area (Å²) >= 11 is 0. The van der Waals surface area contributed by atoms with Crippen molar-refractivity contribution in [2.45, 2.75) is 44.7 Å². The monoisotopic (exact) mass is 277 g/mol. The SMILES string of the molecule is CCc1[nH]nc(C(=O)N2CCC3CCC(C2)N3C)c1N. The number of hydrogen-bond acceptors (Lipinski definition) is 4. The third-order valence-corrected chi connectivity index (χ3v) is 4.87. The number of rotatable bonds is 2. The number of amides is 1. The molecule has 6 nitrogen and oxygen atoms in total. The number of H-pyrrole nitrogens is 1. The number of likely N-dealkylation sites (tertiary alicyclic amines) is 1. The molecule has 20 heavy (non-hydrogen) atoms. The van der Waals surface area contributed by atoms with Crippen molar-refractivity contribution in [3.8, 4) is 0 Å². The Morgan fingerprint density at radius 3 is 2.85 bits per heavy atom. The standard InChI is InChI=1S/C14H23N5O/c1-3-11-12(15)13(17-16-11)14(20)19-7-6-9-4-5-10(8-19)18(9)2/h9-10H,3-8,15H2,1-2H3,(H,16,17). The second kappa shape index (κ2) is 5.09. The van der Waals surface area contributed by atoms with Crippen molar-refractivity contribution in [2.24, 2.45) is 0 Å². The third-order valence-electron chi connectivity index (χ3n) is 4.87. The van der Waals surface area contributed by atoms with E-state index < -0.39 is 0 Å². The molecule has 0 saturated carbocycles. The van der Waals surface area contributed by atoms with E-state index in [9.17, 15) is 4.79 Å². The Balaban J connectivity index is 1.78. The van der Waals surface area contributed by atoms with Crippen molar-refractivity contribution in [3.05, 3.63) is 11.4 Å². The minimum absolute atomic E-state index is 0.0283. The normalized spacial score (nSPS) is 26.8. The van der Waals surface area contributed by atoms with E-state index in [0.29, 0.717) is 23.5 Å². The summed E-state index contributed by atoms with van der Waals surface area (Å²) in [6.45, 7) is 3.59. The molecule has 0 aromatic carbocycles. The number of hydrogen-bond donors (Lipinski definition) is 2. The second-order valence-corrected chi connectivity index (χ2v) is 5.91. The Labute approximate surface area is 119 Å². The summed E-state index contributed by atoms with van der Waals surface area (Å²) in [6, 6.07) is 1.11. The first kappa shape index (κ1) is 13.4. The van der Waals surface area contributed by atoms with Gasteiger partial charge in [0.15, 0.2) is 5.69 Å². The highest BCUT2D eigenvalue weighted by molar-refractivity contribution is 5.97. The van der Waals surface area contributed by atoms with E-state index >= 15 is 0 Å². The molecule has 0 aliphatic carbocycles. The van der Waals surface area contributed by atoms with Crippen LogP contribution in [0, 0.1) is 0 Å². The minimum atomic E-state index is -0.0283. The summed E-state index contributed by atoms with van der Waals surface area (Å²) in [5, 5.41) is 6.99. The first-order valence-electron chi connectivity index (χ1n) is 7.45. The van der Waals surface area contributed by atoms with Crippen molar-refractivity contribution in [1.29, 1.82) is 0 Å². The van der Waals surface area contributed by atoms with Crippen molar-refractivity contribution in [3.63, 3.8) is 0 Å². The molecule has 2 saturated heterocycles. The fraction of sp³-hybridized carbons (Fsp3) is 0.714. The highest BCUT2D eigenvalue weighted by Crippen LogP contribution is 2.29. The zero-order chi connectivity index (χ0) is 14.3. The fourth-order valence-electron chi connectivity index (χ4n) is 3.46. The summed E-state index contributed by atoms with van der Waals surface area (Å²) < 4.78 is 0. The molecule has 3 N–H and O–H groups in total. The van der Waals surface area contributed by atoms with Gasteiger partial charge in [-0.25, -0.2) is 0 Å². The maximum absolute atomic E-state index is 12.6. The molecule has 3 rings (SSSR count). The first-order chi connectivity index (χ1) is 9.61. The zero-order valence-corrected chi connectivity index (χ0v) is 12.2. The summed E-state index contributed by atoms with van der Waals surface area (Å²) in [4.78, 5) is 17.0. The highest BCUT2D eigenvalue weighted by Gasteiger charge is 2.37. The smallest absolute Gasteiger partial charge is 0.276 e. The maximum Gasteiger partial charge on any atom is 0.276 e. The van der Waals surface area contributed by atoms with Gasteiger partial charge in [-0.05, 0) is 32.7 Å². The molecule has 2 unspecified atom stereocenters. The van der Waals surface area contributed by atoms with Crippen LogP contribution in [0.15, 0.2) is 0 Å². The van der Waals surface area contributed by atoms with Crippen LogP contribution < -0.4 is 5.73 Å². The number of carbonyl (C=O) groups excluding carboxylic acids is 1. The summed E-state index contributed by atoms with van der Waals surface area (Å²) in [6.07, 6.45) is 4.25. The number of nitrogens with two attached hydrogens (primary N) is 1. The lowest BCUT2D eigenvalue weighted by molar-refractivity contribution is 0.0735. The topological polar surface area (TPSA) is 78.2 Å². The Bertz CT molecular complexity index is 512. The number of anilines is 1. The zero-order valence-electron chi connectivity index (χ0n) is 12.2. The van der Waals surface area contributed by atoms with E-state index in [0.717, 1.165) is 31.6 Å². The van der Waals surface area contributed by atoms with Gasteiger partial charge >= 0.3 is 0 Å². The van der Waals surface area contributed by atoms with Crippen LogP contribution >= 0.6 is 0 Å². The largest absolute Gasteiger partial charge is 0.395 e. The lowest BCUT2D eigenvalue weighted by atomic mass is 10.1. The Morgan fingerprint density at radius 1 is 1.40 bits per heavy atom. The number of aryl methyl sites for hydroxylation is 1. The molecule has 2 atom stereocenters. The van der Waals surface area contributed by atoms with Gasteiger partial charge in [-0.15, -0.1) is 0 Å². The van der Waals surface area contributed by atoms with Crippen molar-refractivity contribution in [1.82, 2.24) is 20.0 Å². The van der Waals surface area contributed by atoms with Crippen LogP contribution in [0.5, 0.6) is 0 Å². The molecular formula is C14H23N5O. The lowest BCUT2D eigenvalue weighted by Gasteiger charge is -2.25. The Kier molecular flexibility index (Phi) is 3.41. The van der Waals surface area contributed by atoms with E-state index in [1.165, 1.54) is 12.8 Å². The Hall–Kier alpha value is -1.56. The predicted molar refractivity (Wildman–Crippen MR) is 77.5 cm³/mol. The minimum Gasteiger partial charge on any atom is -0.395 e. The van der Waals surface area contributed by atoms with E-state index in [-0.39, 0.29) is 5.91 Å². The molecule has 0 radical (unpaired) electrons. The van der Waals surface area contributed by atoms with Gasteiger partial charge in [0, 0.05) is 25.2 Å². The van der Waals surface area contributed by atoms with E-state index in [1.54, 1.807) is 0 Å². The van der Waals surface area contributed by atoms with Crippen LogP contribution in [-0.4, -0.2) is 58.1 Å². The number of aromatic nitrogens is 2. The molecule has 1 amide bonds. The molecule has 2 fully saturated rings. The van der Waals surface area contributed by atoms with Crippen LogP contribution in [0.25, 0.3) is 0 Å². The first-order valence-corrected chi connectivity index (χ1v) is 7.45.